The molecule has 10 rings (SSSR count). The van der Waals surface area contributed by atoms with Crippen LogP contribution < -0.4 is 5.19 Å². The Balaban J connectivity index is 0.000000198. The number of nitrogens with zero attached hydrogens (tertiary/aromatic N) is 2. The quantitative estimate of drug-likeness (QED) is 0.123. The van der Waals surface area contributed by atoms with Crippen LogP contribution in [0, 0.1) is 36.8 Å². The van der Waals surface area contributed by atoms with E-state index in [1.165, 1.54) is 86.1 Å². The second-order valence-electron chi connectivity index (χ2n) is 15.7. The number of aromatic nitrogens is 2. The van der Waals surface area contributed by atoms with Gasteiger partial charge >= 0.3 is 0 Å². The first kappa shape index (κ1) is 36.6. The van der Waals surface area contributed by atoms with Crippen molar-refractivity contribution in [3.05, 3.63) is 139 Å². The van der Waals surface area contributed by atoms with Crippen LogP contribution >= 0.6 is 11.3 Å². The molecule has 0 spiro atoms. The maximum atomic E-state index is 4.83. The first-order valence-electron chi connectivity index (χ1n) is 18.6. The Kier molecular flexibility index (Phi) is 11.1. The normalized spacial score (nSPS) is 18.1. The van der Waals surface area contributed by atoms with Crippen molar-refractivity contribution in [1.82, 2.24) is 9.97 Å². The molecule has 3 saturated carbocycles. The molecule has 3 heterocycles. The Labute approximate surface area is 328 Å². The number of aryl methyl sites for hydroxylation is 1. The summed E-state index contributed by atoms with van der Waals surface area (Å²) in [5, 5.41) is 4.10. The van der Waals surface area contributed by atoms with Crippen LogP contribution in [0.5, 0.6) is 0 Å². The van der Waals surface area contributed by atoms with Crippen molar-refractivity contribution < 1.29 is 20.1 Å². The molecular weight excluding hydrogens is 845 g/mol. The van der Waals surface area contributed by atoms with Crippen molar-refractivity contribution in [3.63, 3.8) is 0 Å². The zero-order valence-electron chi connectivity index (χ0n) is 30.6. The number of benzene rings is 4. The molecule has 7 aromatic rings. The topological polar surface area (TPSA) is 25.8 Å². The summed E-state index contributed by atoms with van der Waals surface area (Å²) >= 11 is 1.87. The average molecular weight is 891 g/mol. The van der Waals surface area contributed by atoms with Gasteiger partial charge in [-0.05, 0) is 100 Å². The largest absolute Gasteiger partial charge is 0.305 e. The molecule has 4 aromatic carbocycles. The standard InChI is InChI=1S/C32H28NS.C15H18NSi.Ir/c1-2-6-24(7-3-1)26-8-5-11-30-31(26)28-10-4-9-27(32(28)34-30)29-20-22(16-17-33-29)19-25-18-21-12-14-23(25)15-13-21;1-12-10-14(13-8-6-5-7-9-13)16-11-15(12)17(2,3)4;/h1-8,10-11,16-17,20-21,23,25H,12-15,18-19H2;5-8,10-11H,1-4H3;/q2*-1;. The smallest absolute Gasteiger partial charge is 0.0798 e. The fourth-order valence-electron chi connectivity index (χ4n) is 8.69. The summed E-state index contributed by atoms with van der Waals surface area (Å²) in [6.45, 7) is 9.24. The molecule has 3 aliphatic carbocycles. The first-order valence-corrected chi connectivity index (χ1v) is 22.9. The van der Waals surface area contributed by atoms with Gasteiger partial charge < -0.3 is 9.97 Å². The zero-order chi connectivity index (χ0) is 35.0. The van der Waals surface area contributed by atoms with Crippen molar-refractivity contribution in [1.29, 1.82) is 0 Å². The molecule has 0 saturated heterocycles. The van der Waals surface area contributed by atoms with Crippen LogP contribution in [-0.4, -0.2) is 18.0 Å². The molecule has 1 atom stereocenters. The second-order valence-corrected chi connectivity index (χ2v) is 21.8. The van der Waals surface area contributed by atoms with E-state index in [-0.39, 0.29) is 20.1 Å². The Hall–Kier alpha value is -3.73. The molecule has 0 aliphatic heterocycles. The van der Waals surface area contributed by atoms with E-state index in [1.54, 1.807) is 0 Å². The maximum absolute atomic E-state index is 4.83. The van der Waals surface area contributed by atoms with Crippen molar-refractivity contribution in [3.8, 4) is 33.6 Å². The molecule has 1 unspecified atom stereocenters. The van der Waals surface area contributed by atoms with Crippen molar-refractivity contribution in [2.75, 3.05) is 0 Å². The van der Waals surface area contributed by atoms with Gasteiger partial charge in [0.1, 0.15) is 0 Å². The predicted molar refractivity (Wildman–Crippen MR) is 220 cm³/mol. The number of pyridine rings is 2. The molecule has 5 heteroatoms. The molecule has 265 valence electrons. The fraction of sp³-hybridized carbons (Fsp3) is 0.277. The van der Waals surface area contributed by atoms with Gasteiger partial charge in [-0.1, -0.05) is 104 Å². The summed E-state index contributed by atoms with van der Waals surface area (Å²) < 4.78 is 2.62. The Bertz CT molecular complexity index is 2280. The molecule has 3 aromatic heterocycles. The van der Waals surface area contributed by atoms with Crippen LogP contribution in [0.2, 0.25) is 19.6 Å². The number of fused-ring (bicyclic) bond motifs is 6. The van der Waals surface area contributed by atoms with E-state index < -0.39 is 8.07 Å². The minimum atomic E-state index is -1.27. The molecule has 2 bridgehead atoms. The van der Waals surface area contributed by atoms with Crippen molar-refractivity contribution in [2.45, 2.75) is 65.1 Å². The number of hydrogen-bond donors (Lipinski definition) is 0. The van der Waals surface area contributed by atoms with Gasteiger partial charge in [-0.3, -0.25) is 0 Å². The van der Waals surface area contributed by atoms with Crippen LogP contribution in [0.3, 0.4) is 0 Å². The third-order valence-corrected chi connectivity index (χ3v) is 14.5. The third kappa shape index (κ3) is 7.66. The van der Waals surface area contributed by atoms with Crippen LogP contribution in [0.15, 0.2) is 116 Å². The molecule has 2 nitrogen and oxygen atoms in total. The van der Waals surface area contributed by atoms with Crippen LogP contribution in [0.4, 0.5) is 0 Å². The van der Waals surface area contributed by atoms with E-state index in [1.807, 2.05) is 35.7 Å². The van der Waals surface area contributed by atoms with E-state index in [9.17, 15) is 0 Å². The summed E-state index contributed by atoms with van der Waals surface area (Å²) in [4.78, 5) is 9.41. The maximum Gasteiger partial charge on any atom is 0.0798 e. The summed E-state index contributed by atoms with van der Waals surface area (Å²) in [7, 11) is -1.27. The van der Waals surface area contributed by atoms with Gasteiger partial charge in [0.05, 0.1) is 8.07 Å². The van der Waals surface area contributed by atoms with E-state index in [0.717, 1.165) is 40.3 Å². The van der Waals surface area contributed by atoms with Crippen LogP contribution in [0.25, 0.3) is 53.8 Å². The summed E-state index contributed by atoms with van der Waals surface area (Å²) in [5.41, 5.74) is 9.66. The van der Waals surface area contributed by atoms with Gasteiger partial charge in [0.25, 0.3) is 0 Å². The van der Waals surface area contributed by atoms with E-state index >= 15 is 0 Å². The molecule has 52 heavy (non-hydrogen) atoms. The van der Waals surface area contributed by atoms with Gasteiger partial charge in [0.15, 0.2) is 0 Å². The zero-order valence-corrected chi connectivity index (χ0v) is 34.8. The van der Waals surface area contributed by atoms with E-state index in [0.29, 0.717) is 0 Å². The summed E-state index contributed by atoms with van der Waals surface area (Å²) in [6, 6.07) is 43.2. The molecular formula is C47H46IrN2SSi-2. The monoisotopic (exact) mass is 891 g/mol. The van der Waals surface area contributed by atoms with Gasteiger partial charge in [0, 0.05) is 37.2 Å². The SMILES string of the molecule is Cc1cc(-c2[c-]cccc2)ncc1[Si](C)(C)C.[Ir].[c-]1ccc2c(sc3cccc(-c4ccccc4)c32)c1-c1cc(CC2CC3CCC2CC3)ccn1. The molecule has 0 amide bonds. The molecule has 1 radical (unpaired) electrons. The van der Waals surface area contributed by atoms with E-state index in [2.05, 4.69) is 135 Å². The Morgan fingerprint density at radius 1 is 0.788 bits per heavy atom. The average Bonchev–Trinajstić information content (AvgIpc) is 3.55. The Morgan fingerprint density at radius 3 is 2.31 bits per heavy atom. The Morgan fingerprint density at radius 2 is 1.60 bits per heavy atom. The number of rotatable bonds is 6. The minimum Gasteiger partial charge on any atom is -0.305 e. The van der Waals surface area contributed by atoms with Crippen molar-refractivity contribution >= 4 is 44.8 Å². The fourth-order valence-corrected chi connectivity index (χ4v) is 11.6. The number of hydrogen-bond acceptors (Lipinski definition) is 3. The van der Waals surface area contributed by atoms with Crippen molar-refractivity contribution in [2.24, 2.45) is 17.8 Å². The van der Waals surface area contributed by atoms with Gasteiger partial charge in [0.2, 0.25) is 0 Å². The first-order chi connectivity index (χ1) is 24.8. The van der Waals surface area contributed by atoms with Crippen LogP contribution in [0.1, 0.15) is 43.2 Å². The minimum absolute atomic E-state index is 0. The molecule has 3 aliphatic rings. The van der Waals surface area contributed by atoms with Gasteiger partial charge in [-0.25, -0.2) is 0 Å². The predicted octanol–water partition coefficient (Wildman–Crippen LogP) is 12.4. The third-order valence-electron chi connectivity index (χ3n) is 11.2. The van der Waals surface area contributed by atoms with E-state index in [4.69, 9.17) is 4.98 Å². The molecule has 0 N–H and O–H groups in total. The second kappa shape index (κ2) is 15.7. The number of thiophene rings is 1. The summed E-state index contributed by atoms with van der Waals surface area (Å²) in [5.74, 6) is 2.78. The van der Waals surface area contributed by atoms with Gasteiger partial charge in [-0.2, -0.15) is 11.3 Å². The van der Waals surface area contributed by atoms with Gasteiger partial charge in [-0.15, -0.1) is 59.7 Å². The molecule has 3 fully saturated rings. The van der Waals surface area contributed by atoms with Crippen LogP contribution in [-0.2, 0) is 26.5 Å². The summed E-state index contributed by atoms with van der Waals surface area (Å²) in [6.07, 6.45) is 12.5.